The molecule has 0 aromatic rings. The van der Waals surface area contributed by atoms with Crippen molar-refractivity contribution in [2.75, 3.05) is 13.1 Å². The minimum Gasteiger partial charge on any atom is -0.478 e. The summed E-state index contributed by atoms with van der Waals surface area (Å²) in [7, 11) is 0. The molecule has 0 bridgehead atoms. The van der Waals surface area contributed by atoms with E-state index in [0.717, 1.165) is 12.2 Å². The van der Waals surface area contributed by atoms with Crippen LogP contribution in [-0.2, 0) is 14.3 Å². The van der Waals surface area contributed by atoms with Gasteiger partial charge in [0.05, 0.1) is 0 Å². The maximum absolute atomic E-state index is 11.2. The van der Waals surface area contributed by atoms with Gasteiger partial charge in [-0.3, -0.25) is 4.79 Å². The Labute approximate surface area is 105 Å². The first kappa shape index (κ1) is 16.0. The van der Waals surface area contributed by atoms with Crippen molar-refractivity contribution in [1.29, 1.82) is 0 Å². The molecule has 0 spiro atoms. The number of hydrogen-bond donors (Lipinski definition) is 3. The minimum atomic E-state index is -1.20. The van der Waals surface area contributed by atoms with Crippen molar-refractivity contribution in [2.45, 2.75) is 26.4 Å². The van der Waals surface area contributed by atoms with Crippen LogP contribution in [0.15, 0.2) is 12.2 Å². The molecule has 18 heavy (non-hydrogen) atoms. The molecule has 0 rings (SSSR count). The first-order valence-corrected chi connectivity index (χ1v) is 5.36. The summed E-state index contributed by atoms with van der Waals surface area (Å²) >= 11 is 0. The lowest BCUT2D eigenvalue weighted by atomic mass is 10.2. The van der Waals surface area contributed by atoms with E-state index >= 15 is 0 Å². The van der Waals surface area contributed by atoms with E-state index in [0.29, 0.717) is 0 Å². The summed E-state index contributed by atoms with van der Waals surface area (Å²) in [6, 6.07) is 0. The largest absolute Gasteiger partial charge is 0.478 e. The lowest BCUT2D eigenvalue weighted by Crippen LogP contribution is -2.37. The van der Waals surface area contributed by atoms with Crippen molar-refractivity contribution >= 4 is 18.0 Å². The Bertz CT molecular complexity index is 344. The Morgan fingerprint density at radius 3 is 2.17 bits per heavy atom. The summed E-state index contributed by atoms with van der Waals surface area (Å²) in [5.41, 5.74) is -0.572. The molecule has 2 amide bonds. The average molecular weight is 258 g/mol. The Balaban J connectivity index is 3.71. The van der Waals surface area contributed by atoms with Crippen LogP contribution in [0.5, 0.6) is 0 Å². The predicted molar refractivity (Wildman–Crippen MR) is 64.0 cm³/mol. The third kappa shape index (κ3) is 10.5. The van der Waals surface area contributed by atoms with Gasteiger partial charge >= 0.3 is 12.1 Å². The number of carboxylic acids is 1. The summed E-state index contributed by atoms with van der Waals surface area (Å²) in [6.45, 7) is 5.60. The van der Waals surface area contributed by atoms with Gasteiger partial charge in [0.25, 0.3) is 0 Å². The van der Waals surface area contributed by atoms with E-state index in [1.807, 2.05) is 0 Å². The number of amides is 2. The number of rotatable bonds is 5. The van der Waals surface area contributed by atoms with Gasteiger partial charge in [0.15, 0.2) is 0 Å². The zero-order valence-corrected chi connectivity index (χ0v) is 10.6. The second kappa shape index (κ2) is 7.31. The SMILES string of the molecule is CC(C)(C)OC(=O)NCCNC(=O)C=CC(=O)O. The third-order valence-electron chi connectivity index (χ3n) is 1.47. The average Bonchev–Trinajstić information content (AvgIpc) is 2.19. The molecule has 0 atom stereocenters. The molecule has 0 aliphatic carbocycles. The van der Waals surface area contributed by atoms with Crippen LogP contribution in [0.25, 0.3) is 0 Å². The molecule has 0 aromatic carbocycles. The van der Waals surface area contributed by atoms with Crippen molar-refractivity contribution in [3.63, 3.8) is 0 Å². The highest BCUT2D eigenvalue weighted by molar-refractivity contribution is 5.93. The van der Waals surface area contributed by atoms with Gasteiger partial charge in [0.1, 0.15) is 5.60 Å². The van der Waals surface area contributed by atoms with Crippen molar-refractivity contribution < 1.29 is 24.2 Å². The van der Waals surface area contributed by atoms with Crippen LogP contribution in [0.3, 0.4) is 0 Å². The van der Waals surface area contributed by atoms with Crippen LogP contribution in [0.4, 0.5) is 4.79 Å². The normalized spacial score (nSPS) is 11.1. The van der Waals surface area contributed by atoms with Crippen LogP contribution in [-0.4, -0.2) is 41.8 Å². The number of aliphatic carboxylic acids is 1. The Morgan fingerprint density at radius 1 is 1.11 bits per heavy atom. The molecular weight excluding hydrogens is 240 g/mol. The smallest absolute Gasteiger partial charge is 0.407 e. The molecule has 0 saturated carbocycles. The van der Waals surface area contributed by atoms with Crippen LogP contribution in [0.2, 0.25) is 0 Å². The summed E-state index contributed by atoms with van der Waals surface area (Å²) in [5.74, 6) is -1.74. The van der Waals surface area contributed by atoms with E-state index in [9.17, 15) is 14.4 Å². The number of carbonyl (C=O) groups is 3. The second-order valence-electron chi connectivity index (χ2n) is 4.39. The summed E-state index contributed by atoms with van der Waals surface area (Å²) in [5, 5.41) is 13.1. The molecule has 0 unspecified atom stereocenters. The lowest BCUT2D eigenvalue weighted by molar-refractivity contribution is -0.131. The molecule has 0 radical (unpaired) electrons. The molecule has 0 saturated heterocycles. The maximum atomic E-state index is 11.2. The highest BCUT2D eigenvalue weighted by Crippen LogP contribution is 2.05. The fraction of sp³-hybridized carbons (Fsp3) is 0.545. The van der Waals surface area contributed by atoms with Gasteiger partial charge in [-0.2, -0.15) is 0 Å². The van der Waals surface area contributed by atoms with Crippen LogP contribution in [0.1, 0.15) is 20.8 Å². The quantitative estimate of drug-likeness (QED) is 0.485. The highest BCUT2D eigenvalue weighted by Gasteiger charge is 2.15. The number of nitrogens with one attached hydrogen (secondary N) is 2. The van der Waals surface area contributed by atoms with Crippen LogP contribution >= 0.6 is 0 Å². The van der Waals surface area contributed by atoms with E-state index in [-0.39, 0.29) is 13.1 Å². The number of ether oxygens (including phenoxy) is 1. The summed E-state index contributed by atoms with van der Waals surface area (Å²) in [4.78, 5) is 32.3. The fourth-order valence-electron chi connectivity index (χ4n) is 0.870. The summed E-state index contributed by atoms with van der Waals surface area (Å²) in [6.07, 6.45) is 1.06. The first-order valence-electron chi connectivity index (χ1n) is 5.36. The molecule has 102 valence electrons. The Hall–Kier alpha value is -2.05. The molecule has 0 heterocycles. The second-order valence-corrected chi connectivity index (χ2v) is 4.39. The van der Waals surface area contributed by atoms with E-state index in [1.54, 1.807) is 20.8 Å². The topological polar surface area (TPSA) is 105 Å². The van der Waals surface area contributed by atoms with Gasteiger partial charge in [-0.1, -0.05) is 0 Å². The lowest BCUT2D eigenvalue weighted by Gasteiger charge is -2.19. The highest BCUT2D eigenvalue weighted by atomic mass is 16.6. The fourth-order valence-corrected chi connectivity index (χ4v) is 0.870. The standard InChI is InChI=1S/C11H18N2O5/c1-11(2,3)18-10(17)13-7-6-12-8(14)4-5-9(15)16/h4-5H,6-7H2,1-3H3,(H,12,14)(H,13,17)(H,15,16). The van der Waals surface area contributed by atoms with Gasteiger partial charge in [-0.15, -0.1) is 0 Å². The van der Waals surface area contributed by atoms with Gasteiger partial charge in [-0.05, 0) is 20.8 Å². The van der Waals surface area contributed by atoms with Gasteiger partial charge in [-0.25, -0.2) is 9.59 Å². The van der Waals surface area contributed by atoms with E-state index in [1.165, 1.54) is 0 Å². The minimum absolute atomic E-state index is 0.183. The van der Waals surface area contributed by atoms with E-state index in [2.05, 4.69) is 10.6 Å². The van der Waals surface area contributed by atoms with E-state index in [4.69, 9.17) is 9.84 Å². The molecule has 0 fully saturated rings. The Kier molecular flexibility index (Phi) is 6.48. The van der Waals surface area contributed by atoms with Gasteiger partial charge in [0, 0.05) is 25.2 Å². The van der Waals surface area contributed by atoms with E-state index < -0.39 is 23.6 Å². The third-order valence-corrected chi connectivity index (χ3v) is 1.47. The first-order chi connectivity index (χ1) is 8.20. The van der Waals surface area contributed by atoms with Crippen LogP contribution < -0.4 is 10.6 Å². The molecular formula is C11H18N2O5. The molecule has 7 heteroatoms. The van der Waals surface area contributed by atoms with Gasteiger partial charge < -0.3 is 20.5 Å². The number of carbonyl (C=O) groups excluding carboxylic acids is 2. The molecule has 0 aromatic heterocycles. The molecule has 7 nitrogen and oxygen atoms in total. The monoisotopic (exact) mass is 258 g/mol. The number of carboxylic acid groups (broad SMARTS) is 1. The van der Waals surface area contributed by atoms with Crippen molar-refractivity contribution in [2.24, 2.45) is 0 Å². The molecule has 0 aliphatic heterocycles. The van der Waals surface area contributed by atoms with Crippen molar-refractivity contribution in [3.05, 3.63) is 12.2 Å². The van der Waals surface area contributed by atoms with Crippen molar-refractivity contribution in [1.82, 2.24) is 10.6 Å². The van der Waals surface area contributed by atoms with Crippen LogP contribution in [0, 0.1) is 0 Å². The number of alkyl carbamates (subject to hydrolysis) is 1. The number of hydrogen-bond acceptors (Lipinski definition) is 4. The van der Waals surface area contributed by atoms with Gasteiger partial charge in [0.2, 0.25) is 5.91 Å². The maximum Gasteiger partial charge on any atom is 0.407 e. The molecule has 3 N–H and O–H groups in total. The Morgan fingerprint density at radius 2 is 1.67 bits per heavy atom. The van der Waals surface area contributed by atoms with Crippen molar-refractivity contribution in [3.8, 4) is 0 Å². The predicted octanol–water partition coefficient (Wildman–Crippen LogP) is 0.268. The zero-order valence-electron chi connectivity index (χ0n) is 10.6. The molecule has 0 aliphatic rings. The summed E-state index contributed by atoms with van der Waals surface area (Å²) < 4.78 is 4.97. The zero-order chi connectivity index (χ0) is 14.2.